The van der Waals surface area contributed by atoms with Crippen LogP contribution in [-0.4, -0.2) is 54.9 Å². The highest BCUT2D eigenvalue weighted by molar-refractivity contribution is 7.84. The Morgan fingerprint density at radius 3 is 2.50 bits per heavy atom. The summed E-state index contributed by atoms with van der Waals surface area (Å²) in [7, 11) is -1.20. The standard InChI is InChI=1S/C24H23N5O2S/c1-32(31)22-15-29(24-26-12-18(13-27-24)16-5-3-2-4-6-16)21-11-17(7-8-20(21)22)23(30)28-10-9-19(25)14-28/h2-8,11-13,15,19H,9-10,14,25H2,1H3/t19-,32?/m1/s1. The predicted molar refractivity (Wildman–Crippen MR) is 125 cm³/mol. The minimum absolute atomic E-state index is 0.0252. The van der Waals surface area contributed by atoms with Gasteiger partial charge in [0.25, 0.3) is 5.91 Å². The number of amides is 1. The zero-order chi connectivity index (χ0) is 22.2. The second kappa shape index (κ2) is 8.29. The van der Waals surface area contributed by atoms with Crippen LogP contribution in [0.5, 0.6) is 0 Å². The van der Waals surface area contributed by atoms with Crippen LogP contribution in [0.15, 0.2) is 72.0 Å². The molecule has 0 aliphatic carbocycles. The minimum Gasteiger partial charge on any atom is -0.337 e. The number of benzene rings is 2. The van der Waals surface area contributed by atoms with Crippen LogP contribution in [0.25, 0.3) is 28.0 Å². The van der Waals surface area contributed by atoms with E-state index >= 15 is 0 Å². The molecule has 1 saturated heterocycles. The van der Waals surface area contributed by atoms with E-state index in [2.05, 4.69) is 9.97 Å². The molecule has 2 aromatic carbocycles. The van der Waals surface area contributed by atoms with Crippen molar-refractivity contribution in [2.75, 3.05) is 19.3 Å². The van der Waals surface area contributed by atoms with Crippen LogP contribution in [0.2, 0.25) is 0 Å². The van der Waals surface area contributed by atoms with Crippen LogP contribution in [-0.2, 0) is 10.8 Å². The van der Waals surface area contributed by atoms with Crippen molar-refractivity contribution in [3.05, 3.63) is 72.7 Å². The average molecular weight is 446 g/mol. The van der Waals surface area contributed by atoms with Crippen molar-refractivity contribution in [1.82, 2.24) is 19.4 Å². The van der Waals surface area contributed by atoms with Gasteiger partial charge in [-0.1, -0.05) is 36.4 Å². The molecule has 1 aliphatic heterocycles. The molecule has 162 valence electrons. The molecule has 7 nitrogen and oxygen atoms in total. The Morgan fingerprint density at radius 1 is 1.09 bits per heavy atom. The molecule has 5 rings (SSSR count). The largest absolute Gasteiger partial charge is 0.337 e. The van der Waals surface area contributed by atoms with E-state index < -0.39 is 10.8 Å². The lowest BCUT2D eigenvalue weighted by Crippen LogP contribution is -2.31. The monoisotopic (exact) mass is 445 g/mol. The summed E-state index contributed by atoms with van der Waals surface area (Å²) in [6, 6.07) is 15.4. The zero-order valence-electron chi connectivity index (χ0n) is 17.6. The fourth-order valence-corrected chi connectivity index (χ4v) is 4.84. The lowest BCUT2D eigenvalue weighted by atomic mass is 10.1. The number of likely N-dealkylation sites (tertiary alicyclic amines) is 1. The van der Waals surface area contributed by atoms with Crippen molar-refractivity contribution in [2.24, 2.45) is 5.73 Å². The molecule has 1 unspecified atom stereocenters. The number of aromatic nitrogens is 3. The van der Waals surface area contributed by atoms with E-state index in [1.54, 1.807) is 40.4 Å². The van der Waals surface area contributed by atoms with Crippen LogP contribution >= 0.6 is 0 Å². The Kier molecular flexibility index (Phi) is 5.32. The molecular weight excluding hydrogens is 422 g/mol. The fourth-order valence-electron chi connectivity index (χ4n) is 4.10. The highest BCUT2D eigenvalue weighted by Gasteiger charge is 2.25. The topological polar surface area (TPSA) is 94.1 Å². The summed E-state index contributed by atoms with van der Waals surface area (Å²) >= 11 is 0. The molecule has 1 aliphatic rings. The molecule has 1 amide bonds. The Labute approximate surface area is 188 Å². The quantitative estimate of drug-likeness (QED) is 0.521. The van der Waals surface area contributed by atoms with Gasteiger partial charge in [0, 0.05) is 60.5 Å². The fraction of sp³-hybridized carbons (Fsp3) is 0.208. The third-order valence-electron chi connectivity index (χ3n) is 5.80. The van der Waals surface area contributed by atoms with Gasteiger partial charge in [0.05, 0.1) is 21.2 Å². The summed E-state index contributed by atoms with van der Waals surface area (Å²) in [4.78, 5) is 24.6. The van der Waals surface area contributed by atoms with E-state index in [1.165, 1.54) is 0 Å². The van der Waals surface area contributed by atoms with Crippen molar-refractivity contribution in [3.63, 3.8) is 0 Å². The number of fused-ring (bicyclic) bond motifs is 1. The molecule has 2 aromatic heterocycles. The first kappa shape index (κ1) is 20.5. The Balaban J connectivity index is 1.57. The van der Waals surface area contributed by atoms with Gasteiger partial charge >= 0.3 is 0 Å². The van der Waals surface area contributed by atoms with Gasteiger partial charge in [0.1, 0.15) is 0 Å². The van der Waals surface area contributed by atoms with Gasteiger partial charge in [0.2, 0.25) is 5.95 Å². The number of hydrogen-bond donors (Lipinski definition) is 1. The van der Waals surface area contributed by atoms with Crippen LogP contribution in [0.4, 0.5) is 0 Å². The van der Waals surface area contributed by atoms with Gasteiger partial charge in [-0.15, -0.1) is 0 Å². The first-order valence-corrected chi connectivity index (χ1v) is 12.0. The smallest absolute Gasteiger partial charge is 0.253 e. The van der Waals surface area contributed by atoms with Crippen LogP contribution in [0.3, 0.4) is 0 Å². The van der Waals surface area contributed by atoms with E-state index in [0.29, 0.717) is 29.5 Å². The number of carbonyl (C=O) groups is 1. The SMILES string of the molecule is CS(=O)c1cn(-c2ncc(-c3ccccc3)cn2)c2cc(C(=O)N3CC[C@@H](N)C3)ccc12. The molecule has 0 spiro atoms. The average Bonchev–Trinajstić information content (AvgIpc) is 3.43. The summed E-state index contributed by atoms with van der Waals surface area (Å²) < 4.78 is 14.2. The number of carbonyl (C=O) groups excluding carboxylic acids is 1. The van der Waals surface area contributed by atoms with Crippen molar-refractivity contribution < 1.29 is 9.00 Å². The third kappa shape index (κ3) is 3.72. The molecule has 4 aromatic rings. The highest BCUT2D eigenvalue weighted by Crippen LogP contribution is 2.28. The molecule has 2 atom stereocenters. The lowest BCUT2D eigenvalue weighted by Gasteiger charge is -2.16. The summed E-state index contributed by atoms with van der Waals surface area (Å²) in [5.41, 5.74) is 9.23. The molecule has 3 heterocycles. The Morgan fingerprint density at radius 2 is 1.84 bits per heavy atom. The summed E-state index contributed by atoms with van der Waals surface area (Å²) in [5, 5.41) is 0.816. The third-order valence-corrected chi connectivity index (χ3v) is 6.74. The second-order valence-corrected chi connectivity index (χ2v) is 9.34. The van der Waals surface area contributed by atoms with E-state index in [1.807, 2.05) is 42.5 Å². The minimum atomic E-state index is -1.20. The van der Waals surface area contributed by atoms with Crippen LogP contribution in [0, 0.1) is 0 Å². The van der Waals surface area contributed by atoms with E-state index in [9.17, 15) is 9.00 Å². The molecule has 8 heteroatoms. The van der Waals surface area contributed by atoms with Crippen molar-refractivity contribution in [1.29, 1.82) is 0 Å². The zero-order valence-corrected chi connectivity index (χ0v) is 18.5. The van der Waals surface area contributed by atoms with E-state index in [-0.39, 0.29) is 11.9 Å². The summed E-state index contributed by atoms with van der Waals surface area (Å²) in [5.74, 6) is 0.409. The normalized spacial score (nSPS) is 17.1. The molecular formula is C24H23N5O2S. The van der Waals surface area contributed by atoms with Crippen LogP contribution < -0.4 is 5.73 Å². The van der Waals surface area contributed by atoms with E-state index in [0.717, 1.165) is 28.5 Å². The summed E-state index contributed by atoms with van der Waals surface area (Å²) in [6.45, 7) is 1.22. The first-order chi connectivity index (χ1) is 15.5. The molecule has 32 heavy (non-hydrogen) atoms. The predicted octanol–water partition coefficient (Wildman–Crippen LogP) is 3.00. The van der Waals surface area contributed by atoms with Crippen LogP contribution in [0.1, 0.15) is 16.8 Å². The number of rotatable bonds is 4. The van der Waals surface area contributed by atoms with Gasteiger partial charge < -0.3 is 10.6 Å². The lowest BCUT2D eigenvalue weighted by molar-refractivity contribution is 0.0791. The number of hydrogen-bond acceptors (Lipinski definition) is 5. The maximum atomic E-state index is 13.0. The first-order valence-electron chi connectivity index (χ1n) is 10.4. The summed E-state index contributed by atoms with van der Waals surface area (Å²) in [6.07, 6.45) is 7.78. The molecule has 0 saturated carbocycles. The Hall–Kier alpha value is -3.36. The highest BCUT2D eigenvalue weighted by atomic mass is 32.2. The maximum Gasteiger partial charge on any atom is 0.253 e. The van der Waals surface area contributed by atoms with Gasteiger partial charge in [-0.25, -0.2) is 9.97 Å². The van der Waals surface area contributed by atoms with Crippen molar-refractivity contribution >= 4 is 27.6 Å². The molecule has 2 N–H and O–H groups in total. The van der Waals surface area contributed by atoms with Crippen molar-refractivity contribution in [3.8, 4) is 17.1 Å². The maximum absolute atomic E-state index is 13.0. The van der Waals surface area contributed by atoms with E-state index in [4.69, 9.17) is 5.73 Å². The van der Waals surface area contributed by atoms with Gasteiger partial charge in [0.15, 0.2) is 0 Å². The molecule has 1 fully saturated rings. The van der Waals surface area contributed by atoms with Gasteiger partial charge in [-0.3, -0.25) is 13.6 Å². The second-order valence-electron chi connectivity index (χ2n) is 7.99. The molecule has 0 radical (unpaired) electrons. The van der Waals surface area contributed by atoms with Gasteiger partial charge in [-0.2, -0.15) is 0 Å². The Bertz CT molecular complexity index is 1320. The number of nitrogens with zero attached hydrogens (tertiary/aromatic N) is 4. The van der Waals surface area contributed by atoms with Crippen molar-refractivity contribution in [2.45, 2.75) is 17.4 Å². The number of nitrogens with two attached hydrogens (primary N) is 1. The molecule has 0 bridgehead atoms. The van der Waals surface area contributed by atoms with Gasteiger partial charge in [-0.05, 0) is 24.1 Å².